The molecule has 0 aromatic carbocycles. The van der Waals surface area contributed by atoms with Gasteiger partial charge in [-0.15, -0.1) is 0 Å². The quantitative estimate of drug-likeness (QED) is 0.621. The van der Waals surface area contributed by atoms with E-state index in [-0.39, 0.29) is 31.3 Å². The van der Waals surface area contributed by atoms with E-state index in [2.05, 4.69) is 0 Å². The van der Waals surface area contributed by atoms with Crippen molar-refractivity contribution in [1.82, 2.24) is 4.90 Å². The fourth-order valence-electron chi connectivity index (χ4n) is 1.50. The van der Waals surface area contributed by atoms with Crippen LogP contribution in [0.1, 0.15) is 19.8 Å². The van der Waals surface area contributed by atoms with Crippen molar-refractivity contribution < 1.29 is 19.8 Å². The van der Waals surface area contributed by atoms with Crippen LogP contribution in [-0.4, -0.2) is 45.7 Å². The Bertz CT molecular complexity index is 228. The molecule has 1 saturated heterocycles. The largest absolute Gasteiger partial charge is 0.481 e. The molecule has 74 valence electrons. The lowest BCUT2D eigenvalue weighted by Gasteiger charge is -2.22. The minimum Gasteiger partial charge on any atom is -0.481 e. The Labute approximate surface area is 76.0 Å². The predicted molar refractivity (Wildman–Crippen MR) is 44.1 cm³/mol. The van der Waals surface area contributed by atoms with Crippen LogP contribution in [0.4, 0.5) is 0 Å². The zero-order valence-electron chi connectivity index (χ0n) is 7.43. The summed E-state index contributed by atoms with van der Waals surface area (Å²) in [5, 5.41) is 17.6. The summed E-state index contributed by atoms with van der Waals surface area (Å²) in [6, 6.07) is -0.331. The van der Waals surface area contributed by atoms with Gasteiger partial charge in [-0.1, -0.05) is 0 Å². The molecule has 0 bridgehead atoms. The molecular formula is C8H13NO4. The number of carbonyl (C=O) groups excluding carboxylic acids is 1. The van der Waals surface area contributed by atoms with Gasteiger partial charge in [-0.25, -0.2) is 0 Å². The number of hydrogen-bond acceptors (Lipinski definition) is 3. The first-order valence-corrected chi connectivity index (χ1v) is 4.20. The zero-order valence-corrected chi connectivity index (χ0v) is 7.43. The van der Waals surface area contributed by atoms with Crippen molar-refractivity contribution in [3.05, 3.63) is 0 Å². The van der Waals surface area contributed by atoms with Gasteiger partial charge in [0, 0.05) is 12.6 Å². The van der Waals surface area contributed by atoms with Gasteiger partial charge >= 0.3 is 5.97 Å². The van der Waals surface area contributed by atoms with Crippen LogP contribution in [0.15, 0.2) is 0 Å². The molecule has 0 saturated carbocycles. The normalized spacial score (nSPS) is 24.9. The van der Waals surface area contributed by atoms with Crippen molar-refractivity contribution in [2.45, 2.75) is 31.9 Å². The van der Waals surface area contributed by atoms with Crippen molar-refractivity contribution in [1.29, 1.82) is 0 Å². The molecular weight excluding hydrogens is 174 g/mol. The van der Waals surface area contributed by atoms with Gasteiger partial charge in [0.25, 0.3) is 0 Å². The van der Waals surface area contributed by atoms with Crippen molar-refractivity contribution in [2.24, 2.45) is 0 Å². The van der Waals surface area contributed by atoms with Crippen LogP contribution < -0.4 is 0 Å². The molecule has 0 aromatic rings. The molecule has 2 atom stereocenters. The van der Waals surface area contributed by atoms with Crippen LogP contribution in [0.3, 0.4) is 0 Å². The number of carboxylic acids is 1. The first-order valence-electron chi connectivity index (χ1n) is 4.20. The van der Waals surface area contributed by atoms with Gasteiger partial charge in [-0.05, 0) is 6.92 Å². The molecule has 1 heterocycles. The molecule has 1 rings (SSSR count). The fraction of sp³-hybridized carbons (Fsp3) is 0.750. The molecule has 0 radical (unpaired) electrons. The topological polar surface area (TPSA) is 77.8 Å². The standard InChI is InChI=1S/C8H13NO4/c1-5(2-8(12)13)9-4-6(10)3-7(9)11/h5-6,10H,2-4H2,1H3,(H,12,13). The van der Waals surface area contributed by atoms with E-state index >= 15 is 0 Å². The lowest BCUT2D eigenvalue weighted by atomic mass is 10.2. The minimum atomic E-state index is -0.929. The molecule has 0 spiro atoms. The number of carbonyl (C=O) groups is 2. The smallest absolute Gasteiger partial charge is 0.305 e. The summed E-state index contributed by atoms with van der Waals surface area (Å²) < 4.78 is 0. The maximum Gasteiger partial charge on any atom is 0.305 e. The van der Waals surface area contributed by atoms with Crippen LogP contribution in [0.2, 0.25) is 0 Å². The van der Waals surface area contributed by atoms with E-state index in [0.29, 0.717) is 0 Å². The van der Waals surface area contributed by atoms with E-state index < -0.39 is 12.1 Å². The number of amides is 1. The molecule has 1 amide bonds. The van der Waals surface area contributed by atoms with Crippen molar-refractivity contribution in [3.8, 4) is 0 Å². The maximum atomic E-state index is 11.2. The molecule has 1 aliphatic heterocycles. The van der Waals surface area contributed by atoms with Crippen LogP contribution >= 0.6 is 0 Å². The number of β-amino-alcohol motifs (C(OH)–C–C–N with tert-alkyl or cyclic N) is 1. The van der Waals surface area contributed by atoms with Gasteiger partial charge in [-0.2, -0.15) is 0 Å². The number of hydrogen-bond donors (Lipinski definition) is 2. The Hall–Kier alpha value is -1.10. The van der Waals surface area contributed by atoms with Crippen LogP contribution in [-0.2, 0) is 9.59 Å². The molecule has 13 heavy (non-hydrogen) atoms. The Morgan fingerprint density at radius 2 is 2.38 bits per heavy atom. The SMILES string of the molecule is CC(CC(=O)O)N1CC(O)CC1=O. The van der Waals surface area contributed by atoms with E-state index in [9.17, 15) is 9.59 Å². The predicted octanol–water partition coefficient (Wildman–Crippen LogP) is -0.557. The highest BCUT2D eigenvalue weighted by atomic mass is 16.4. The molecule has 5 nitrogen and oxygen atoms in total. The molecule has 2 N–H and O–H groups in total. The van der Waals surface area contributed by atoms with Crippen molar-refractivity contribution in [2.75, 3.05) is 6.54 Å². The van der Waals surface area contributed by atoms with E-state index in [1.807, 2.05) is 0 Å². The summed E-state index contributed by atoms with van der Waals surface area (Å²) in [5.41, 5.74) is 0. The first-order chi connectivity index (χ1) is 6.00. The van der Waals surface area contributed by atoms with E-state index in [0.717, 1.165) is 0 Å². The number of aliphatic carboxylic acids is 1. The second-order valence-electron chi connectivity index (χ2n) is 3.35. The monoisotopic (exact) mass is 187 g/mol. The van der Waals surface area contributed by atoms with Crippen LogP contribution in [0.25, 0.3) is 0 Å². The minimum absolute atomic E-state index is 0.0710. The van der Waals surface area contributed by atoms with E-state index in [1.54, 1.807) is 6.92 Å². The molecule has 0 aromatic heterocycles. The van der Waals surface area contributed by atoms with Gasteiger partial charge in [0.05, 0.1) is 18.9 Å². The van der Waals surface area contributed by atoms with Gasteiger partial charge in [-0.3, -0.25) is 9.59 Å². The second kappa shape index (κ2) is 3.74. The van der Waals surface area contributed by atoms with Gasteiger partial charge in [0.15, 0.2) is 0 Å². The number of nitrogens with zero attached hydrogens (tertiary/aromatic N) is 1. The lowest BCUT2D eigenvalue weighted by molar-refractivity contribution is -0.139. The van der Waals surface area contributed by atoms with Crippen LogP contribution in [0.5, 0.6) is 0 Å². The molecule has 2 unspecified atom stereocenters. The Morgan fingerprint density at radius 1 is 1.77 bits per heavy atom. The summed E-state index contributed by atoms with van der Waals surface area (Å²) in [4.78, 5) is 23.0. The summed E-state index contributed by atoms with van der Waals surface area (Å²) >= 11 is 0. The van der Waals surface area contributed by atoms with Crippen molar-refractivity contribution >= 4 is 11.9 Å². The third-order valence-corrected chi connectivity index (χ3v) is 2.14. The average Bonchev–Trinajstić information content (AvgIpc) is 2.28. The second-order valence-corrected chi connectivity index (χ2v) is 3.35. The number of rotatable bonds is 3. The number of likely N-dealkylation sites (tertiary alicyclic amines) is 1. The summed E-state index contributed by atoms with van der Waals surface area (Å²) in [6.07, 6.45) is -0.591. The van der Waals surface area contributed by atoms with Crippen LogP contribution in [0, 0.1) is 0 Å². The van der Waals surface area contributed by atoms with E-state index in [4.69, 9.17) is 10.2 Å². The van der Waals surface area contributed by atoms with Gasteiger partial charge < -0.3 is 15.1 Å². The summed E-state index contributed by atoms with van der Waals surface area (Å²) in [7, 11) is 0. The third kappa shape index (κ3) is 2.42. The average molecular weight is 187 g/mol. The van der Waals surface area contributed by atoms with Crippen molar-refractivity contribution in [3.63, 3.8) is 0 Å². The Kier molecular flexibility index (Phi) is 2.87. The third-order valence-electron chi connectivity index (χ3n) is 2.14. The Balaban J connectivity index is 2.51. The first kappa shape index (κ1) is 9.98. The molecule has 0 aliphatic carbocycles. The fourth-order valence-corrected chi connectivity index (χ4v) is 1.50. The maximum absolute atomic E-state index is 11.2. The zero-order chi connectivity index (χ0) is 10.0. The molecule has 5 heteroatoms. The highest BCUT2D eigenvalue weighted by molar-refractivity contribution is 5.80. The number of carboxylic acid groups (broad SMARTS) is 1. The highest BCUT2D eigenvalue weighted by Gasteiger charge is 2.31. The lowest BCUT2D eigenvalue weighted by Crippen LogP contribution is -2.36. The van der Waals surface area contributed by atoms with Gasteiger partial charge in [0.2, 0.25) is 5.91 Å². The van der Waals surface area contributed by atoms with Gasteiger partial charge in [0.1, 0.15) is 0 Å². The number of aliphatic hydroxyl groups excluding tert-OH is 1. The summed E-state index contributed by atoms with van der Waals surface area (Å²) in [5.74, 6) is -1.09. The number of aliphatic hydroxyl groups is 1. The molecule has 1 aliphatic rings. The van der Waals surface area contributed by atoms with E-state index in [1.165, 1.54) is 4.90 Å². The Morgan fingerprint density at radius 3 is 2.77 bits per heavy atom. The molecule has 1 fully saturated rings. The summed E-state index contributed by atoms with van der Waals surface area (Å²) in [6.45, 7) is 1.93. The highest BCUT2D eigenvalue weighted by Crippen LogP contribution is 2.15.